The van der Waals surface area contributed by atoms with Crippen molar-refractivity contribution in [2.24, 2.45) is 0 Å². The van der Waals surface area contributed by atoms with Gasteiger partial charge in [0.05, 0.1) is 4.90 Å². The maximum Gasteiger partial charge on any atom is 0.430 e. The third-order valence-electron chi connectivity index (χ3n) is 5.53. The lowest BCUT2D eigenvalue weighted by molar-refractivity contribution is -0.376. The average molecular weight is 524 g/mol. The molecular weight excluding hydrogens is 506 g/mol. The molecule has 0 radical (unpaired) electrons. The first kappa shape index (κ1) is 26.5. The average Bonchev–Trinajstić information content (AvgIpc) is 3.10. The van der Waals surface area contributed by atoms with Gasteiger partial charge in [0.1, 0.15) is 6.04 Å². The fourth-order valence-electron chi connectivity index (χ4n) is 3.73. The first-order valence-corrected chi connectivity index (χ1v) is 11.6. The molecule has 0 saturated heterocycles. The number of hydrogen-bond donors (Lipinski definition) is 2. The summed E-state index contributed by atoms with van der Waals surface area (Å²) in [4.78, 5) is 26.1. The number of alkyl halides is 6. The van der Waals surface area contributed by atoms with Crippen LogP contribution in [0.2, 0.25) is 0 Å². The van der Waals surface area contributed by atoms with E-state index in [0.717, 1.165) is 23.3 Å². The topological polar surface area (TPSA) is 104 Å². The van der Waals surface area contributed by atoms with Crippen LogP contribution in [-0.2, 0) is 31.6 Å². The first-order chi connectivity index (χ1) is 15.9. The maximum atomic E-state index is 13.0. The Morgan fingerprint density at radius 2 is 1.54 bits per heavy atom. The minimum atomic E-state index is -6.06. The third-order valence-corrected chi connectivity index (χ3v) is 6.64. The molecule has 1 atom stereocenters. The van der Waals surface area contributed by atoms with Gasteiger partial charge in [-0.3, -0.25) is 9.59 Å². The van der Waals surface area contributed by atoms with Gasteiger partial charge in [0.25, 0.3) is 11.5 Å². The van der Waals surface area contributed by atoms with Gasteiger partial charge in [0.15, 0.2) is 9.84 Å². The van der Waals surface area contributed by atoms with Gasteiger partial charge in [-0.25, -0.2) is 8.42 Å². The molecule has 3 rings (SSSR count). The number of rotatable bonds is 4. The molecular formula is C21H18F6N2O5S. The summed E-state index contributed by atoms with van der Waals surface area (Å²) < 4.78 is 102. The smallest absolute Gasteiger partial charge is 0.369 e. The van der Waals surface area contributed by atoms with Gasteiger partial charge >= 0.3 is 12.4 Å². The number of halogens is 6. The van der Waals surface area contributed by atoms with Crippen LogP contribution in [0.4, 0.5) is 32.0 Å². The highest BCUT2D eigenvalue weighted by Crippen LogP contribution is 2.50. The Bertz CT molecular complexity index is 1260. The molecule has 2 aromatic carbocycles. The molecule has 0 saturated carbocycles. The second-order valence-electron chi connectivity index (χ2n) is 7.95. The Balaban J connectivity index is 1.92. The summed E-state index contributed by atoms with van der Waals surface area (Å²) in [6.07, 6.45) is -11.1. The van der Waals surface area contributed by atoms with Crippen molar-refractivity contribution in [3.63, 3.8) is 0 Å². The number of nitrogens with zero attached hydrogens (tertiary/aromatic N) is 1. The van der Waals surface area contributed by atoms with E-state index in [1.165, 1.54) is 25.1 Å². The van der Waals surface area contributed by atoms with Crippen LogP contribution in [0.5, 0.6) is 0 Å². The molecule has 1 aliphatic rings. The lowest BCUT2D eigenvalue weighted by Gasteiger charge is -2.32. The Morgan fingerprint density at radius 1 is 1.00 bits per heavy atom. The number of nitrogens with one attached hydrogen (secondary N) is 1. The first-order valence-electron chi connectivity index (χ1n) is 9.75. The van der Waals surface area contributed by atoms with Crippen LogP contribution in [0.3, 0.4) is 0 Å². The molecule has 0 spiro atoms. The van der Waals surface area contributed by atoms with Crippen molar-refractivity contribution in [1.82, 2.24) is 4.90 Å². The van der Waals surface area contributed by atoms with E-state index in [2.05, 4.69) is 5.32 Å². The quantitative estimate of drug-likeness (QED) is 0.597. The SMILES string of the molecule is CC(=O)N1Cc2cc(S(C)(=O)=O)ccc2[C@H]1C(=O)Nc1ccc(C(O)(C(F)(F)F)C(F)(F)F)cc1. The standard InChI is InChI=1S/C21H18F6N2O5S/c1-11(30)29-10-12-9-15(35(2,33)34)7-8-16(12)17(29)18(31)28-14-5-3-13(4-6-14)19(32,20(22,23)24)21(25,26)27/h3-9,17,32H,10H2,1-2H3,(H,28,31)/t17-/m0/s1. The van der Waals surface area contributed by atoms with Gasteiger partial charge in [-0.05, 0) is 35.4 Å². The van der Waals surface area contributed by atoms with Crippen molar-refractivity contribution in [3.05, 3.63) is 59.2 Å². The van der Waals surface area contributed by atoms with Gasteiger partial charge < -0.3 is 15.3 Å². The van der Waals surface area contributed by atoms with Gasteiger partial charge in [0.2, 0.25) is 5.91 Å². The van der Waals surface area contributed by atoms with Gasteiger partial charge in [-0.15, -0.1) is 0 Å². The van der Waals surface area contributed by atoms with Crippen LogP contribution in [-0.4, -0.2) is 48.8 Å². The van der Waals surface area contributed by atoms with Crippen LogP contribution in [0, 0.1) is 0 Å². The molecule has 7 nitrogen and oxygen atoms in total. The number of aliphatic hydroxyl groups is 1. The Labute approximate surface area is 195 Å². The lowest BCUT2D eigenvalue weighted by atomic mass is 9.92. The highest BCUT2D eigenvalue weighted by Gasteiger charge is 2.71. The van der Waals surface area contributed by atoms with Crippen LogP contribution in [0.25, 0.3) is 0 Å². The molecule has 1 aliphatic heterocycles. The molecule has 2 amide bonds. The Morgan fingerprint density at radius 3 is 2.00 bits per heavy atom. The Kier molecular flexibility index (Phi) is 6.44. The summed E-state index contributed by atoms with van der Waals surface area (Å²) >= 11 is 0. The summed E-state index contributed by atoms with van der Waals surface area (Å²) in [5.41, 5.74) is -6.12. The van der Waals surface area contributed by atoms with Gasteiger partial charge in [0, 0.05) is 31.0 Å². The zero-order chi connectivity index (χ0) is 26.6. The molecule has 35 heavy (non-hydrogen) atoms. The third kappa shape index (κ3) is 4.72. The van der Waals surface area contributed by atoms with Crippen LogP contribution in [0.1, 0.15) is 29.7 Å². The van der Waals surface area contributed by atoms with E-state index in [-0.39, 0.29) is 17.1 Å². The molecule has 0 fully saturated rings. The van der Waals surface area contributed by atoms with E-state index in [1.807, 2.05) is 0 Å². The van der Waals surface area contributed by atoms with Crippen molar-refractivity contribution in [3.8, 4) is 0 Å². The van der Waals surface area contributed by atoms with Crippen molar-refractivity contribution in [1.29, 1.82) is 0 Å². The van der Waals surface area contributed by atoms with Crippen molar-refractivity contribution in [2.75, 3.05) is 11.6 Å². The summed E-state index contributed by atoms with van der Waals surface area (Å²) in [5, 5.41) is 11.8. The molecule has 1 heterocycles. The number of fused-ring (bicyclic) bond motifs is 1. The number of amides is 2. The number of carbonyl (C=O) groups is 2. The predicted octanol–water partition coefficient (Wildman–Crippen LogP) is 3.44. The second-order valence-corrected chi connectivity index (χ2v) is 9.97. The van der Waals surface area contributed by atoms with E-state index < -0.39 is 51.2 Å². The van der Waals surface area contributed by atoms with Crippen LogP contribution >= 0.6 is 0 Å². The maximum absolute atomic E-state index is 13.0. The molecule has 2 N–H and O–H groups in total. The van der Waals surface area contributed by atoms with Crippen LogP contribution in [0.15, 0.2) is 47.4 Å². The molecule has 2 aromatic rings. The summed E-state index contributed by atoms with van der Waals surface area (Å²) in [5.74, 6) is -1.36. The fraction of sp³-hybridized carbons (Fsp3) is 0.333. The minimum Gasteiger partial charge on any atom is -0.369 e. The number of hydrogen-bond acceptors (Lipinski definition) is 5. The highest BCUT2D eigenvalue weighted by molar-refractivity contribution is 7.90. The normalized spacial score (nSPS) is 16.7. The van der Waals surface area contributed by atoms with E-state index in [4.69, 9.17) is 0 Å². The van der Waals surface area contributed by atoms with Gasteiger partial charge in [-0.1, -0.05) is 18.2 Å². The summed E-state index contributed by atoms with van der Waals surface area (Å²) in [7, 11) is -3.57. The fourth-order valence-corrected chi connectivity index (χ4v) is 4.40. The summed E-state index contributed by atoms with van der Waals surface area (Å²) in [6.45, 7) is 1.09. The molecule has 0 aliphatic carbocycles. The predicted molar refractivity (Wildman–Crippen MR) is 110 cm³/mol. The largest absolute Gasteiger partial charge is 0.430 e. The number of sulfone groups is 1. The Hall–Kier alpha value is -3.13. The van der Waals surface area contributed by atoms with Crippen molar-refractivity contribution in [2.45, 2.75) is 42.4 Å². The molecule has 0 bridgehead atoms. The zero-order valence-electron chi connectivity index (χ0n) is 18.0. The number of anilines is 1. The van der Waals surface area contributed by atoms with Crippen LogP contribution < -0.4 is 5.32 Å². The molecule has 0 aromatic heterocycles. The van der Waals surface area contributed by atoms with Gasteiger partial charge in [-0.2, -0.15) is 26.3 Å². The molecule has 0 unspecified atom stereocenters. The van der Waals surface area contributed by atoms with Crippen molar-refractivity contribution >= 4 is 27.3 Å². The van der Waals surface area contributed by atoms with E-state index in [1.54, 1.807) is 0 Å². The number of carbonyl (C=O) groups excluding carboxylic acids is 2. The molecule has 190 valence electrons. The minimum absolute atomic E-state index is 0.0294. The lowest BCUT2D eigenvalue weighted by Crippen LogP contribution is -2.53. The van der Waals surface area contributed by atoms with Crippen molar-refractivity contribution < 1.29 is 49.5 Å². The monoisotopic (exact) mass is 524 g/mol. The van der Waals surface area contributed by atoms with E-state index >= 15 is 0 Å². The zero-order valence-corrected chi connectivity index (χ0v) is 18.8. The van der Waals surface area contributed by atoms with E-state index in [0.29, 0.717) is 23.3 Å². The molecule has 14 heteroatoms. The van der Waals surface area contributed by atoms with E-state index in [9.17, 15) is 49.5 Å². The number of benzene rings is 2. The summed E-state index contributed by atoms with van der Waals surface area (Å²) in [6, 6.07) is 4.94. The highest BCUT2D eigenvalue weighted by atomic mass is 32.2. The second kappa shape index (κ2) is 8.52.